The number of amides is 5. The van der Waals surface area contributed by atoms with Gasteiger partial charge in [0.15, 0.2) is 6.61 Å². The van der Waals surface area contributed by atoms with Crippen LogP contribution in [0.1, 0.15) is 28.8 Å². The third-order valence-corrected chi connectivity index (χ3v) is 3.95. The summed E-state index contributed by atoms with van der Waals surface area (Å²) in [6.45, 7) is -1.27. The van der Waals surface area contributed by atoms with Gasteiger partial charge in [0, 0.05) is 11.6 Å². The summed E-state index contributed by atoms with van der Waals surface area (Å²) in [5, 5.41) is 4.58. The van der Waals surface area contributed by atoms with Crippen molar-refractivity contribution in [1.29, 1.82) is 0 Å². The molecule has 1 aromatic rings. The van der Waals surface area contributed by atoms with E-state index >= 15 is 0 Å². The summed E-state index contributed by atoms with van der Waals surface area (Å²) in [6, 6.07) is 6.09. The zero-order valence-corrected chi connectivity index (χ0v) is 13.8. The van der Waals surface area contributed by atoms with Crippen LogP contribution in [0.25, 0.3) is 0 Å². The minimum absolute atomic E-state index is 0.0109. The van der Waals surface area contributed by atoms with E-state index in [4.69, 9.17) is 4.74 Å². The van der Waals surface area contributed by atoms with Crippen molar-refractivity contribution in [1.82, 2.24) is 15.5 Å². The Morgan fingerprint density at radius 3 is 2.62 bits per heavy atom. The molecule has 5 amide bonds. The van der Waals surface area contributed by atoms with Crippen LogP contribution < -0.4 is 10.6 Å². The molecule has 3 rings (SSSR count). The molecule has 1 aliphatic carbocycles. The van der Waals surface area contributed by atoms with Crippen LogP contribution in [-0.4, -0.2) is 53.8 Å². The van der Waals surface area contributed by atoms with Crippen LogP contribution >= 0.6 is 0 Å². The normalized spacial score (nSPS) is 15.9. The van der Waals surface area contributed by atoms with Gasteiger partial charge >= 0.3 is 12.0 Å². The Morgan fingerprint density at radius 1 is 1.15 bits per heavy atom. The average molecular weight is 359 g/mol. The lowest BCUT2D eigenvalue weighted by Crippen LogP contribution is -2.46. The number of rotatable bonds is 5. The van der Waals surface area contributed by atoms with Gasteiger partial charge in [0.1, 0.15) is 6.54 Å². The third kappa shape index (κ3) is 4.24. The van der Waals surface area contributed by atoms with Gasteiger partial charge in [-0.15, -0.1) is 0 Å². The molecule has 0 aromatic heterocycles. The van der Waals surface area contributed by atoms with Crippen molar-refractivity contribution in [2.45, 2.75) is 25.3 Å². The highest BCUT2D eigenvalue weighted by Crippen LogP contribution is 2.19. The number of esters is 1. The van der Waals surface area contributed by atoms with Crippen LogP contribution in [0, 0.1) is 0 Å². The molecule has 1 fully saturated rings. The van der Waals surface area contributed by atoms with Crippen molar-refractivity contribution in [3.8, 4) is 0 Å². The standard InChI is InChI=1S/C17H17N3O6/c21-13(19-17(25)18-11-5-6-11)9-26-15(23)8-20-14(22)7-10-3-1-2-4-12(10)16(20)24/h1-4,11H,5-9H2,(H2,18,19,21,25). The minimum Gasteiger partial charge on any atom is -0.454 e. The fourth-order valence-corrected chi connectivity index (χ4v) is 2.49. The highest BCUT2D eigenvalue weighted by molar-refractivity contribution is 6.11. The van der Waals surface area contributed by atoms with E-state index < -0.39 is 42.9 Å². The lowest BCUT2D eigenvalue weighted by Gasteiger charge is -2.25. The number of hydrogen-bond acceptors (Lipinski definition) is 6. The highest BCUT2D eigenvalue weighted by atomic mass is 16.5. The molecule has 2 aliphatic rings. The van der Waals surface area contributed by atoms with Crippen molar-refractivity contribution < 1.29 is 28.7 Å². The van der Waals surface area contributed by atoms with E-state index in [0.717, 1.165) is 17.7 Å². The molecule has 0 radical (unpaired) electrons. The molecule has 1 heterocycles. The molecule has 9 heteroatoms. The zero-order valence-electron chi connectivity index (χ0n) is 13.8. The molecule has 1 aliphatic heterocycles. The van der Waals surface area contributed by atoms with Gasteiger partial charge in [-0.3, -0.25) is 29.4 Å². The van der Waals surface area contributed by atoms with E-state index in [9.17, 15) is 24.0 Å². The Balaban J connectivity index is 1.48. The number of hydrogen-bond donors (Lipinski definition) is 2. The molecule has 1 aromatic carbocycles. The number of urea groups is 1. The molecular formula is C17H17N3O6. The van der Waals surface area contributed by atoms with Crippen molar-refractivity contribution in [2.24, 2.45) is 0 Å². The first-order valence-electron chi connectivity index (χ1n) is 8.12. The number of nitrogens with one attached hydrogen (secondary N) is 2. The molecule has 1 saturated carbocycles. The molecule has 2 N–H and O–H groups in total. The van der Waals surface area contributed by atoms with Crippen LogP contribution in [0.4, 0.5) is 4.79 Å². The maximum atomic E-state index is 12.3. The van der Waals surface area contributed by atoms with Crippen LogP contribution in [0.3, 0.4) is 0 Å². The van der Waals surface area contributed by atoms with E-state index in [1.807, 2.05) is 5.32 Å². The van der Waals surface area contributed by atoms with Gasteiger partial charge in [0.2, 0.25) is 5.91 Å². The molecule has 26 heavy (non-hydrogen) atoms. The Hall–Kier alpha value is -3.23. The first-order valence-corrected chi connectivity index (χ1v) is 8.12. The summed E-state index contributed by atoms with van der Waals surface area (Å²) in [5.74, 6) is -2.80. The maximum Gasteiger partial charge on any atom is 0.326 e. The van der Waals surface area contributed by atoms with Gasteiger partial charge in [-0.2, -0.15) is 0 Å². The number of imide groups is 2. The van der Waals surface area contributed by atoms with Crippen molar-refractivity contribution >= 4 is 29.7 Å². The smallest absolute Gasteiger partial charge is 0.326 e. The van der Waals surface area contributed by atoms with Gasteiger partial charge in [-0.25, -0.2) is 4.79 Å². The second-order valence-electron chi connectivity index (χ2n) is 6.08. The van der Waals surface area contributed by atoms with Crippen molar-refractivity contribution in [2.75, 3.05) is 13.2 Å². The molecule has 0 atom stereocenters. The van der Waals surface area contributed by atoms with Crippen molar-refractivity contribution in [3.05, 3.63) is 35.4 Å². The lowest BCUT2D eigenvalue weighted by molar-refractivity contribution is -0.151. The van der Waals surface area contributed by atoms with Gasteiger partial charge < -0.3 is 10.1 Å². The predicted molar refractivity (Wildman–Crippen MR) is 86.8 cm³/mol. The summed E-state index contributed by atoms with van der Waals surface area (Å²) in [7, 11) is 0. The third-order valence-electron chi connectivity index (χ3n) is 3.95. The number of benzene rings is 1. The van der Waals surface area contributed by atoms with Gasteiger partial charge in [-0.1, -0.05) is 18.2 Å². The molecule has 0 bridgehead atoms. The molecule has 0 unspecified atom stereocenters. The van der Waals surface area contributed by atoms with Crippen molar-refractivity contribution in [3.63, 3.8) is 0 Å². The number of ether oxygens (including phenoxy) is 1. The Bertz CT molecular complexity index is 786. The van der Waals surface area contributed by atoms with Gasteiger partial charge in [0.25, 0.3) is 11.8 Å². The Kier molecular flexibility index (Phi) is 4.97. The Morgan fingerprint density at radius 2 is 1.88 bits per heavy atom. The molecule has 0 saturated heterocycles. The monoisotopic (exact) mass is 359 g/mol. The lowest BCUT2D eigenvalue weighted by atomic mass is 9.98. The topological polar surface area (TPSA) is 122 Å². The summed E-state index contributed by atoms with van der Waals surface area (Å²) >= 11 is 0. The van der Waals surface area contributed by atoms with E-state index in [2.05, 4.69) is 5.32 Å². The summed E-state index contributed by atoms with van der Waals surface area (Å²) < 4.78 is 4.74. The summed E-state index contributed by atoms with van der Waals surface area (Å²) in [5.41, 5.74) is 0.961. The first-order chi connectivity index (χ1) is 12.4. The summed E-state index contributed by atoms with van der Waals surface area (Å²) in [4.78, 5) is 60.0. The van der Waals surface area contributed by atoms with Crippen LogP contribution in [-0.2, 0) is 25.5 Å². The van der Waals surface area contributed by atoms with E-state index in [-0.39, 0.29) is 12.5 Å². The number of carbonyl (C=O) groups is 5. The maximum absolute atomic E-state index is 12.3. The second kappa shape index (κ2) is 7.34. The van der Waals surface area contributed by atoms with Gasteiger partial charge in [-0.05, 0) is 24.5 Å². The number of fused-ring (bicyclic) bond motifs is 1. The number of carbonyl (C=O) groups excluding carboxylic acids is 5. The van der Waals surface area contributed by atoms with Crippen LogP contribution in [0.2, 0.25) is 0 Å². The first kappa shape index (κ1) is 17.6. The quantitative estimate of drug-likeness (QED) is 0.552. The van der Waals surface area contributed by atoms with Crippen LogP contribution in [0.15, 0.2) is 24.3 Å². The fraction of sp³-hybridized carbons (Fsp3) is 0.353. The minimum atomic E-state index is -0.913. The molecular weight excluding hydrogens is 342 g/mol. The molecule has 136 valence electrons. The zero-order chi connectivity index (χ0) is 18.7. The largest absolute Gasteiger partial charge is 0.454 e. The highest BCUT2D eigenvalue weighted by Gasteiger charge is 2.32. The Labute approximate surface area is 148 Å². The SMILES string of the molecule is O=C(COC(=O)CN1C(=O)Cc2ccccc2C1=O)NC(=O)NC1CC1. The summed E-state index contributed by atoms with van der Waals surface area (Å²) in [6.07, 6.45) is 1.76. The average Bonchev–Trinajstić information content (AvgIpc) is 3.40. The second-order valence-corrected chi connectivity index (χ2v) is 6.08. The van der Waals surface area contributed by atoms with Gasteiger partial charge in [0.05, 0.1) is 6.42 Å². The van der Waals surface area contributed by atoms with E-state index in [1.165, 1.54) is 0 Å². The molecule has 0 spiro atoms. The predicted octanol–water partition coefficient (Wildman–Crippen LogP) is -0.257. The number of nitrogens with zero attached hydrogens (tertiary/aromatic N) is 1. The van der Waals surface area contributed by atoms with E-state index in [1.54, 1.807) is 24.3 Å². The van der Waals surface area contributed by atoms with Crippen LogP contribution in [0.5, 0.6) is 0 Å². The molecule has 9 nitrogen and oxygen atoms in total. The van der Waals surface area contributed by atoms with E-state index in [0.29, 0.717) is 11.1 Å². The fourth-order valence-electron chi connectivity index (χ4n) is 2.49.